The van der Waals surface area contributed by atoms with Gasteiger partial charge < -0.3 is 14.6 Å². The maximum Gasteiger partial charge on any atom is 0.341 e. The average Bonchev–Trinajstić information content (AvgIpc) is 2.34. The van der Waals surface area contributed by atoms with E-state index in [1.54, 1.807) is 12.1 Å². The van der Waals surface area contributed by atoms with Crippen LogP contribution in [0.4, 0.5) is 0 Å². The zero-order chi connectivity index (χ0) is 12.8. The lowest BCUT2D eigenvalue weighted by Crippen LogP contribution is -2.04. The van der Waals surface area contributed by atoms with Crippen molar-refractivity contribution in [3.63, 3.8) is 0 Å². The van der Waals surface area contributed by atoms with Gasteiger partial charge in [0.05, 0.1) is 14.2 Å². The number of aliphatic carboxylic acids is 1. The summed E-state index contributed by atoms with van der Waals surface area (Å²) >= 11 is 0. The predicted octanol–water partition coefficient (Wildman–Crippen LogP) is 1.58. The van der Waals surface area contributed by atoms with Crippen LogP contribution in [0, 0.1) is 0 Å². The number of carboxylic acid groups (broad SMARTS) is 1. The molecule has 0 atom stereocenters. The lowest BCUT2D eigenvalue weighted by atomic mass is 10.1. The molecule has 0 spiro atoms. The Morgan fingerprint density at radius 3 is 2.53 bits per heavy atom. The predicted molar refractivity (Wildman–Crippen MR) is 61.0 cm³/mol. The summed E-state index contributed by atoms with van der Waals surface area (Å²) in [6.45, 7) is 0. The molecule has 0 saturated carbocycles. The highest BCUT2D eigenvalue weighted by Crippen LogP contribution is 2.21. The molecule has 5 heteroatoms. The Labute approximate surface area is 98.3 Å². The first kappa shape index (κ1) is 12.8. The highest BCUT2D eigenvalue weighted by molar-refractivity contribution is 5.93. The summed E-state index contributed by atoms with van der Waals surface area (Å²) < 4.78 is 9.62. The third kappa shape index (κ3) is 3.34. The second-order valence-electron chi connectivity index (χ2n) is 3.12. The maximum absolute atomic E-state index is 11.4. The molecule has 0 fully saturated rings. The molecule has 0 aliphatic carbocycles. The van der Waals surface area contributed by atoms with E-state index in [2.05, 4.69) is 4.74 Å². The molecular formula is C12H12O5. The number of carbonyl (C=O) groups excluding carboxylic acids is 1. The topological polar surface area (TPSA) is 72.8 Å². The van der Waals surface area contributed by atoms with E-state index in [1.807, 2.05) is 0 Å². The van der Waals surface area contributed by atoms with Crippen LogP contribution in [-0.2, 0) is 9.53 Å². The number of carbonyl (C=O) groups is 2. The molecule has 0 amide bonds. The minimum absolute atomic E-state index is 0.294. The van der Waals surface area contributed by atoms with Gasteiger partial charge >= 0.3 is 11.9 Å². The van der Waals surface area contributed by atoms with E-state index in [0.717, 1.165) is 6.08 Å². The zero-order valence-electron chi connectivity index (χ0n) is 9.47. The van der Waals surface area contributed by atoms with E-state index in [4.69, 9.17) is 9.84 Å². The molecule has 1 aromatic rings. The molecule has 1 N–H and O–H groups in total. The summed E-state index contributed by atoms with van der Waals surface area (Å²) in [6.07, 6.45) is 2.42. The van der Waals surface area contributed by atoms with Crippen LogP contribution in [0.3, 0.4) is 0 Å². The van der Waals surface area contributed by atoms with Crippen LogP contribution in [0.15, 0.2) is 24.3 Å². The summed E-state index contributed by atoms with van der Waals surface area (Å²) in [6, 6.07) is 4.69. The molecule has 0 aromatic heterocycles. The molecule has 0 bridgehead atoms. The Balaban J connectivity index is 3.08. The Hall–Kier alpha value is -2.30. The Morgan fingerprint density at radius 2 is 2.00 bits per heavy atom. The monoisotopic (exact) mass is 236 g/mol. The number of esters is 1. The van der Waals surface area contributed by atoms with Gasteiger partial charge in [-0.15, -0.1) is 0 Å². The lowest BCUT2D eigenvalue weighted by molar-refractivity contribution is -0.131. The van der Waals surface area contributed by atoms with Crippen molar-refractivity contribution in [1.82, 2.24) is 0 Å². The van der Waals surface area contributed by atoms with Gasteiger partial charge in [-0.25, -0.2) is 9.59 Å². The third-order valence-electron chi connectivity index (χ3n) is 2.05. The molecule has 1 aromatic carbocycles. The first-order valence-corrected chi connectivity index (χ1v) is 4.76. The average molecular weight is 236 g/mol. The summed E-state index contributed by atoms with van der Waals surface area (Å²) in [7, 11) is 2.70. The van der Waals surface area contributed by atoms with Crippen LogP contribution in [0.2, 0.25) is 0 Å². The summed E-state index contributed by atoms with van der Waals surface area (Å²) in [5, 5.41) is 8.49. The van der Waals surface area contributed by atoms with Crippen LogP contribution >= 0.6 is 0 Å². The molecule has 0 radical (unpaired) electrons. The molecule has 5 nitrogen and oxygen atoms in total. The maximum atomic E-state index is 11.4. The van der Waals surface area contributed by atoms with Gasteiger partial charge in [0.2, 0.25) is 0 Å². The Kier molecular flexibility index (Phi) is 4.28. The third-order valence-corrected chi connectivity index (χ3v) is 2.05. The van der Waals surface area contributed by atoms with Gasteiger partial charge in [-0.2, -0.15) is 0 Å². The molecule has 0 aliphatic rings. The number of rotatable bonds is 4. The van der Waals surface area contributed by atoms with E-state index >= 15 is 0 Å². The van der Waals surface area contributed by atoms with Gasteiger partial charge in [0.1, 0.15) is 11.3 Å². The van der Waals surface area contributed by atoms with Crippen LogP contribution in [0.5, 0.6) is 5.75 Å². The summed E-state index contributed by atoms with van der Waals surface area (Å²) in [5.74, 6) is -1.21. The minimum Gasteiger partial charge on any atom is -0.496 e. The van der Waals surface area contributed by atoms with Crippen LogP contribution in [0.1, 0.15) is 15.9 Å². The number of methoxy groups -OCH3 is 2. The van der Waals surface area contributed by atoms with Gasteiger partial charge in [0.15, 0.2) is 0 Å². The van der Waals surface area contributed by atoms with Crippen LogP contribution < -0.4 is 4.74 Å². The number of carboxylic acids is 1. The van der Waals surface area contributed by atoms with Crippen LogP contribution in [0.25, 0.3) is 6.08 Å². The van der Waals surface area contributed by atoms with E-state index < -0.39 is 11.9 Å². The summed E-state index contributed by atoms with van der Waals surface area (Å²) in [5.41, 5.74) is 0.916. The van der Waals surface area contributed by atoms with Crippen LogP contribution in [-0.4, -0.2) is 31.3 Å². The number of benzene rings is 1. The van der Waals surface area contributed by atoms with Crippen molar-refractivity contribution in [2.24, 2.45) is 0 Å². The number of ether oxygens (including phenoxy) is 2. The summed E-state index contributed by atoms with van der Waals surface area (Å²) in [4.78, 5) is 21.7. The van der Waals surface area contributed by atoms with Gasteiger partial charge in [0, 0.05) is 6.08 Å². The fourth-order valence-corrected chi connectivity index (χ4v) is 1.26. The largest absolute Gasteiger partial charge is 0.496 e. The van der Waals surface area contributed by atoms with Crippen molar-refractivity contribution in [2.45, 2.75) is 0 Å². The molecular weight excluding hydrogens is 224 g/mol. The quantitative estimate of drug-likeness (QED) is 0.634. The molecule has 0 heterocycles. The number of hydrogen-bond donors (Lipinski definition) is 1. The molecule has 90 valence electrons. The van der Waals surface area contributed by atoms with Gasteiger partial charge in [-0.05, 0) is 23.8 Å². The van der Waals surface area contributed by atoms with Crippen molar-refractivity contribution < 1.29 is 24.2 Å². The second kappa shape index (κ2) is 5.69. The van der Waals surface area contributed by atoms with Gasteiger partial charge in [-0.1, -0.05) is 6.07 Å². The molecule has 17 heavy (non-hydrogen) atoms. The Bertz CT molecular complexity index is 462. The van der Waals surface area contributed by atoms with Crippen molar-refractivity contribution >= 4 is 18.0 Å². The molecule has 0 unspecified atom stereocenters. The van der Waals surface area contributed by atoms with Crippen molar-refractivity contribution in [3.8, 4) is 5.75 Å². The zero-order valence-corrected chi connectivity index (χ0v) is 9.47. The standard InChI is InChI=1S/C12H12O5/c1-16-10-7-8(4-6-11(13)14)3-5-9(10)12(15)17-2/h3-7H,1-2H3,(H,13,14). The lowest BCUT2D eigenvalue weighted by Gasteiger charge is -2.07. The minimum atomic E-state index is -1.04. The normalized spacial score (nSPS) is 10.2. The van der Waals surface area contributed by atoms with E-state index in [9.17, 15) is 9.59 Å². The van der Waals surface area contributed by atoms with E-state index in [-0.39, 0.29) is 0 Å². The SMILES string of the molecule is COC(=O)c1ccc(C=CC(=O)O)cc1OC. The Morgan fingerprint density at radius 1 is 1.29 bits per heavy atom. The smallest absolute Gasteiger partial charge is 0.341 e. The first-order chi connectivity index (χ1) is 8.08. The van der Waals surface area contributed by atoms with Gasteiger partial charge in [0.25, 0.3) is 0 Å². The second-order valence-corrected chi connectivity index (χ2v) is 3.12. The van der Waals surface area contributed by atoms with Gasteiger partial charge in [-0.3, -0.25) is 0 Å². The van der Waals surface area contributed by atoms with Crippen molar-refractivity contribution in [2.75, 3.05) is 14.2 Å². The molecule has 0 aliphatic heterocycles. The van der Waals surface area contributed by atoms with E-state index in [0.29, 0.717) is 16.9 Å². The first-order valence-electron chi connectivity index (χ1n) is 4.76. The fourth-order valence-electron chi connectivity index (χ4n) is 1.26. The molecule has 1 rings (SSSR count). The van der Waals surface area contributed by atoms with Crippen molar-refractivity contribution in [1.29, 1.82) is 0 Å². The number of hydrogen-bond acceptors (Lipinski definition) is 4. The van der Waals surface area contributed by atoms with Crippen molar-refractivity contribution in [3.05, 3.63) is 35.4 Å². The fraction of sp³-hybridized carbons (Fsp3) is 0.167. The highest BCUT2D eigenvalue weighted by atomic mass is 16.5. The highest BCUT2D eigenvalue weighted by Gasteiger charge is 2.12. The molecule has 0 saturated heterocycles. The van der Waals surface area contributed by atoms with E-state index in [1.165, 1.54) is 26.4 Å².